The first-order chi connectivity index (χ1) is 5.45. The third-order valence-corrected chi connectivity index (χ3v) is 2.24. The van der Waals surface area contributed by atoms with Gasteiger partial charge in [0.2, 0.25) is 0 Å². The van der Waals surface area contributed by atoms with Gasteiger partial charge in [-0.25, -0.2) is 0 Å². The first-order valence-corrected chi connectivity index (χ1v) is 5.64. The van der Waals surface area contributed by atoms with Crippen molar-refractivity contribution in [1.82, 2.24) is 5.32 Å². The van der Waals surface area contributed by atoms with Gasteiger partial charge in [0.15, 0.2) is 0 Å². The maximum atomic E-state index is 5.49. The molecule has 1 atom stereocenters. The van der Waals surface area contributed by atoms with Crippen molar-refractivity contribution >= 4 is 11.8 Å². The standard InChI is InChI=1S/C9H21NOS/c1-8(12-5)11-7-6-10-9(2,3)4/h8,10H,6-7H2,1-5H3. The number of hydrogen-bond donors (Lipinski definition) is 1. The maximum absolute atomic E-state index is 5.49. The molecule has 0 rings (SSSR count). The zero-order valence-corrected chi connectivity index (χ0v) is 9.62. The van der Waals surface area contributed by atoms with Gasteiger partial charge in [-0.2, -0.15) is 0 Å². The van der Waals surface area contributed by atoms with Crippen molar-refractivity contribution in [3.05, 3.63) is 0 Å². The zero-order chi connectivity index (χ0) is 9.61. The zero-order valence-electron chi connectivity index (χ0n) is 8.81. The van der Waals surface area contributed by atoms with Crippen LogP contribution in [0.4, 0.5) is 0 Å². The second kappa shape index (κ2) is 5.84. The molecule has 12 heavy (non-hydrogen) atoms. The molecule has 0 aromatic carbocycles. The van der Waals surface area contributed by atoms with Crippen LogP contribution < -0.4 is 5.32 Å². The summed E-state index contributed by atoms with van der Waals surface area (Å²) in [7, 11) is 0. The Balaban J connectivity index is 3.22. The Bertz CT molecular complexity index is 112. The van der Waals surface area contributed by atoms with Crippen molar-refractivity contribution in [2.24, 2.45) is 0 Å². The molecule has 74 valence electrons. The van der Waals surface area contributed by atoms with E-state index in [1.165, 1.54) is 0 Å². The number of hydrogen-bond acceptors (Lipinski definition) is 3. The predicted molar refractivity (Wildman–Crippen MR) is 56.7 cm³/mol. The van der Waals surface area contributed by atoms with Crippen LogP contribution in [0, 0.1) is 0 Å². The third kappa shape index (κ3) is 8.37. The predicted octanol–water partition coefficient (Wildman–Crippen LogP) is 2.10. The highest BCUT2D eigenvalue weighted by Crippen LogP contribution is 2.05. The van der Waals surface area contributed by atoms with Crippen molar-refractivity contribution in [2.75, 3.05) is 19.4 Å². The van der Waals surface area contributed by atoms with E-state index in [0.29, 0.717) is 5.44 Å². The van der Waals surface area contributed by atoms with E-state index in [1.807, 2.05) is 0 Å². The molecule has 1 N–H and O–H groups in total. The molecule has 0 heterocycles. The van der Waals surface area contributed by atoms with Gasteiger partial charge >= 0.3 is 0 Å². The van der Waals surface area contributed by atoms with Gasteiger partial charge in [0, 0.05) is 12.1 Å². The Morgan fingerprint density at radius 3 is 2.42 bits per heavy atom. The highest BCUT2D eigenvalue weighted by Gasteiger charge is 2.07. The largest absolute Gasteiger partial charge is 0.367 e. The normalized spacial score (nSPS) is 14.8. The average Bonchev–Trinajstić information content (AvgIpc) is 1.96. The van der Waals surface area contributed by atoms with Crippen molar-refractivity contribution in [2.45, 2.75) is 38.7 Å². The van der Waals surface area contributed by atoms with Gasteiger partial charge in [-0.15, -0.1) is 11.8 Å². The first kappa shape index (κ1) is 12.3. The number of nitrogens with one attached hydrogen (secondary N) is 1. The average molecular weight is 191 g/mol. The Hall–Kier alpha value is 0.270. The fourth-order valence-electron chi connectivity index (χ4n) is 0.719. The molecule has 0 saturated carbocycles. The molecule has 0 aromatic heterocycles. The van der Waals surface area contributed by atoms with E-state index in [2.05, 4.69) is 39.3 Å². The summed E-state index contributed by atoms with van der Waals surface area (Å²) in [5.41, 5.74) is 0.512. The summed E-state index contributed by atoms with van der Waals surface area (Å²) >= 11 is 1.73. The SMILES string of the molecule is CSC(C)OCCNC(C)(C)C. The highest BCUT2D eigenvalue weighted by atomic mass is 32.2. The highest BCUT2D eigenvalue weighted by molar-refractivity contribution is 7.99. The summed E-state index contributed by atoms with van der Waals surface area (Å²) in [6.45, 7) is 10.3. The summed E-state index contributed by atoms with van der Waals surface area (Å²) in [5, 5.41) is 3.37. The van der Waals surface area contributed by atoms with Crippen LogP contribution in [-0.4, -0.2) is 30.4 Å². The van der Waals surface area contributed by atoms with E-state index >= 15 is 0 Å². The van der Waals surface area contributed by atoms with E-state index in [4.69, 9.17) is 4.74 Å². The van der Waals surface area contributed by atoms with E-state index in [9.17, 15) is 0 Å². The lowest BCUT2D eigenvalue weighted by Crippen LogP contribution is -2.38. The lowest BCUT2D eigenvalue weighted by molar-refractivity contribution is 0.121. The smallest absolute Gasteiger partial charge is 0.0997 e. The molecular formula is C9H21NOS. The maximum Gasteiger partial charge on any atom is 0.0997 e. The minimum Gasteiger partial charge on any atom is -0.367 e. The van der Waals surface area contributed by atoms with Crippen molar-refractivity contribution < 1.29 is 4.74 Å². The summed E-state index contributed by atoms with van der Waals surface area (Å²) < 4.78 is 5.49. The van der Waals surface area contributed by atoms with E-state index in [0.717, 1.165) is 13.2 Å². The summed E-state index contributed by atoms with van der Waals surface area (Å²) in [6, 6.07) is 0. The van der Waals surface area contributed by atoms with Crippen LogP contribution in [0.25, 0.3) is 0 Å². The van der Waals surface area contributed by atoms with Gasteiger partial charge in [0.05, 0.1) is 12.0 Å². The molecule has 3 heteroatoms. The van der Waals surface area contributed by atoms with Crippen LogP contribution in [0.5, 0.6) is 0 Å². The Morgan fingerprint density at radius 1 is 1.42 bits per heavy atom. The molecule has 0 aliphatic carbocycles. The Morgan fingerprint density at radius 2 is 2.00 bits per heavy atom. The van der Waals surface area contributed by atoms with Crippen LogP contribution in [0.15, 0.2) is 0 Å². The van der Waals surface area contributed by atoms with Crippen molar-refractivity contribution in [3.63, 3.8) is 0 Å². The first-order valence-electron chi connectivity index (χ1n) is 4.35. The Labute approximate surface area is 80.4 Å². The van der Waals surface area contributed by atoms with E-state index in [-0.39, 0.29) is 5.54 Å². The topological polar surface area (TPSA) is 21.3 Å². The molecule has 0 radical (unpaired) electrons. The second-order valence-electron chi connectivity index (χ2n) is 3.85. The molecule has 2 nitrogen and oxygen atoms in total. The van der Waals surface area contributed by atoms with Gasteiger partial charge in [0.1, 0.15) is 0 Å². The molecule has 0 amide bonds. The monoisotopic (exact) mass is 191 g/mol. The number of thioether (sulfide) groups is 1. The summed E-state index contributed by atoms with van der Waals surface area (Å²) in [5.74, 6) is 0. The number of ether oxygens (including phenoxy) is 1. The number of rotatable bonds is 5. The minimum absolute atomic E-state index is 0.200. The molecule has 0 aliphatic heterocycles. The van der Waals surface area contributed by atoms with Crippen LogP contribution in [0.2, 0.25) is 0 Å². The molecule has 0 aliphatic rings. The van der Waals surface area contributed by atoms with Gasteiger partial charge in [0.25, 0.3) is 0 Å². The molecule has 0 bridgehead atoms. The summed E-state index contributed by atoms with van der Waals surface area (Å²) in [4.78, 5) is 0. The molecule has 0 saturated heterocycles. The van der Waals surface area contributed by atoms with Gasteiger partial charge in [-0.05, 0) is 34.0 Å². The van der Waals surface area contributed by atoms with Gasteiger partial charge in [-0.1, -0.05) is 0 Å². The van der Waals surface area contributed by atoms with Crippen molar-refractivity contribution in [1.29, 1.82) is 0 Å². The van der Waals surface area contributed by atoms with Crippen LogP contribution >= 0.6 is 11.8 Å². The van der Waals surface area contributed by atoms with E-state index in [1.54, 1.807) is 11.8 Å². The van der Waals surface area contributed by atoms with Crippen LogP contribution in [0.3, 0.4) is 0 Å². The fraction of sp³-hybridized carbons (Fsp3) is 1.00. The third-order valence-electron chi connectivity index (χ3n) is 1.44. The van der Waals surface area contributed by atoms with Gasteiger partial charge < -0.3 is 10.1 Å². The van der Waals surface area contributed by atoms with Gasteiger partial charge in [-0.3, -0.25) is 0 Å². The molecular weight excluding hydrogens is 170 g/mol. The van der Waals surface area contributed by atoms with Crippen LogP contribution in [-0.2, 0) is 4.74 Å². The molecule has 1 unspecified atom stereocenters. The van der Waals surface area contributed by atoms with E-state index < -0.39 is 0 Å². The Kier molecular flexibility index (Phi) is 5.97. The van der Waals surface area contributed by atoms with Crippen LogP contribution in [0.1, 0.15) is 27.7 Å². The summed E-state index contributed by atoms with van der Waals surface area (Å²) in [6.07, 6.45) is 2.06. The lowest BCUT2D eigenvalue weighted by atomic mass is 10.1. The second-order valence-corrected chi connectivity index (χ2v) is 4.99. The quantitative estimate of drug-likeness (QED) is 0.531. The lowest BCUT2D eigenvalue weighted by Gasteiger charge is -2.21. The molecule has 0 aromatic rings. The molecule has 0 fully saturated rings. The van der Waals surface area contributed by atoms with Crippen molar-refractivity contribution in [3.8, 4) is 0 Å². The minimum atomic E-state index is 0.200. The fourth-order valence-corrected chi connectivity index (χ4v) is 0.951. The molecule has 0 spiro atoms.